The highest BCUT2D eigenvalue weighted by Gasteiger charge is 2.31. The number of rotatable bonds is 7. The summed E-state index contributed by atoms with van der Waals surface area (Å²) in [7, 11) is -3.36. The molecule has 3 rings (SSSR count). The molecule has 0 bridgehead atoms. The lowest BCUT2D eigenvalue weighted by Gasteiger charge is -2.27. The second kappa shape index (κ2) is 8.91. The molecule has 2 aromatic rings. The molecule has 0 fully saturated rings. The molecule has 0 N–H and O–H groups in total. The van der Waals surface area contributed by atoms with Crippen LogP contribution in [0.5, 0.6) is 5.75 Å². The SMILES string of the molecule is Cc1ccccc1OCC(=O)OCC(=O)N(c1ccccc1)C1C=CS(=O)(=O)C1. The number of sulfone groups is 1. The summed E-state index contributed by atoms with van der Waals surface area (Å²) in [5.74, 6) is -0.864. The zero-order valence-electron chi connectivity index (χ0n) is 15.9. The van der Waals surface area contributed by atoms with Gasteiger partial charge in [-0.25, -0.2) is 13.2 Å². The van der Waals surface area contributed by atoms with Gasteiger partial charge >= 0.3 is 5.97 Å². The van der Waals surface area contributed by atoms with E-state index in [9.17, 15) is 18.0 Å². The summed E-state index contributed by atoms with van der Waals surface area (Å²) >= 11 is 0. The Morgan fingerprint density at radius 2 is 1.72 bits per heavy atom. The summed E-state index contributed by atoms with van der Waals surface area (Å²) in [6, 6.07) is 15.2. The number of benzene rings is 2. The Hall–Kier alpha value is -3.13. The van der Waals surface area contributed by atoms with E-state index in [-0.39, 0.29) is 12.4 Å². The molecule has 152 valence electrons. The first-order valence-corrected chi connectivity index (χ1v) is 10.7. The van der Waals surface area contributed by atoms with Crippen molar-refractivity contribution in [2.75, 3.05) is 23.9 Å². The molecule has 7 nitrogen and oxygen atoms in total. The van der Waals surface area contributed by atoms with Gasteiger partial charge in [0.05, 0.1) is 11.8 Å². The minimum atomic E-state index is -3.36. The Balaban J connectivity index is 1.62. The molecule has 1 unspecified atom stereocenters. The van der Waals surface area contributed by atoms with Crippen LogP contribution in [0.3, 0.4) is 0 Å². The van der Waals surface area contributed by atoms with Crippen molar-refractivity contribution in [2.24, 2.45) is 0 Å². The van der Waals surface area contributed by atoms with Crippen molar-refractivity contribution in [3.8, 4) is 5.75 Å². The van der Waals surface area contributed by atoms with Crippen molar-refractivity contribution >= 4 is 27.4 Å². The summed E-state index contributed by atoms with van der Waals surface area (Å²) in [5, 5.41) is 1.10. The van der Waals surface area contributed by atoms with Crippen molar-refractivity contribution in [3.63, 3.8) is 0 Å². The van der Waals surface area contributed by atoms with E-state index in [0.29, 0.717) is 11.4 Å². The lowest BCUT2D eigenvalue weighted by Crippen LogP contribution is -2.43. The van der Waals surface area contributed by atoms with Crippen LogP contribution < -0.4 is 9.64 Å². The van der Waals surface area contributed by atoms with Crippen LogP contribution in [-0.4, -0.2) is 45.3 Å². The van der Waals surface area contributed by atoms with Gasteiger partial charge in [0, 0.05) is 11.1 Å². The molecule has 1 amide bonds. The summed E-state index contributed by atoms with van der Waals surface area (Å²) in [4.78, 5) is 26.1. The van der Waals surface area contributed by atoms with Crippen LogP contribution in [0.15, 0.2) is 66.1 Å². The van der Waals surface area contributed by atoms with Crippen LogP contribution in [0, 0.1) is 6.92 Å². The van der Waals surface area contributed by atoms with Crippen molar-refractivity contribution in [2.45, 2.75) is 13.0 Å². The number of ether oxygens (including phenoxy) is 2. The lowest BCUT2D eigenvalue weighted by molar-refractivity contribution is -0.149. The van der Waals surface area contributed by atoms with Crippen LogP contribution >= 0.6 is 0 Å². The molecule has 1 heterocycles. The molecular formula is C21H21NO6S. The summed E-state index contributed by atoms with van der Waals surface area (Å²) in [6.07, 6.45) is 1.46. The van der Waals surface area contributed by atoms with Gasteiger partial charge in [-0.15, -0.1) is 0 Å². The predicted molar refractivity (Wildman–Crippen MR) is 108 cm³/mol. The first kappa shape index (κ1) is 20.6. The van der Waals surface area contributed by atoms with Gasteiger partial charge in [-0.1, -0.05) is 36.4 Å². The first-order valence-electron chi connectivity index (χ1n) is 8.98. The van der Waals surface area contributed by atoms with Gasteiger partial charge in [-0.3, -0.25) is 4.79 Å². The number of para-hydroxylation sites is 2. The molecule has 1 aliphatic rings. The third-order valence-electron chi connectivity index (χ3n) is 4.34. The smallest absolute Gasteiger partial charge is 0.344 e. The van der Waals surface area contributed by atoms with E-state index in [1.165, 1.54) is 11.0 Å². The highest BCUT2D eigenvalue weighted by atomic mass is 32.2. The average Bonchev–Trinajstić information content (AvgIpc) is 3.06. The van der Waals surface area contributed by atoms with Gasteiger partial charge in [0.1, 0.15) is 5.75 Å². The maximum absolute atomic E-state index is 12.8. The molecule has 29 heavy (non-hydrogen) atoms. The molecule has 0 spiro atoms. The molecular weight excluding hydrogens is 394 g/mol. The number of amides is 1. The summed E-state index contributed by atoms with van der Waals surface area (Å²) in [6.45, 7) is 1.00. The minimum Gasteiger partial charge on any atom is -0.482 e. The van der Waals surface area contributed by atoms with Gasteiger partial charge in [0.15, 0.2) is 23.1 Å². The van der Waals surface area contributed by atoms with E-state index in [1.807, 2.05) is 19.1 Å². The lowest BCUT2D eigenvalue weighted by atomic mass is 10.2. The fourth-order valence-corrected chi connectivity index (χ4v) is 4.21. The monoisotopic (exact) mass is 415 g/mol. The van der Waals surface area contributed by atoms with Crippen molar-refractivity contribution in [1.29, 1.82) is 0 Å². The quantitative estimate of drug-likeness (QED) is 0.645. The molecule has 1 aliphatic heterocycles. The molecule has 0 aromatic heterocycles. The molecule has 1 atom stereocenters. The fourth-order valence-electron chi connectivity index (χ4n) is 2.94. The van der Waals surface area contributed by atoms with Crippen molar-refractivity contribution in [3.05, 3.63) is 71.6 Å². The maximum atomic E-state index is 12.8. The predicted octanol–water partition coefficient (Wildman–Crippen LogP) is 2.26. The van der Waals surface area contributed by atoms with E-state index < -0.39 is 34.4 Å². The molecule has 8 heteroatoms. The standard InChI is InChI=1S/C21H21NO6S/c1-16-7-5-6-10-19(16)27-14-21(24)28-13-20(23)22(17-8-3-2-4-9-17)18-11-12-29(25,26)15-18/h2-12,18H,13-15H2,1H3. The van der Waals surface area contributed by atoms with Crippen LogP contribution in [0.1, 0.15) is 5.56 Å². The third-order valence-corrected chi connectivity index (χ3v) is 5.72. The zero-order valence-corrected chi connectivity index (χ0v) is 16.7. The third kappa shape index (κ3) is 5.45. The normalized spacial score (nSPS) is 16.9. The van der Waals surface area contributed by atoms with Crippen LogP contribution in [0.2, 0.25) is 0 Å². The van der Waals surface area contributed by atoms with E-state index in [2.05, 4.69) is 0 Å². The number of nitrogens with zero attached hydrogens (tertiary/aromatic N) is 1. The van der Waals surface area contributed by atoms with E-state index in [4.69, 9.17) is 9.47 Å². The number of carbonyl (C=O) groups is 2. The highest BCUT2D eigenvalue weighted by molar-refractivity contribution is 7.94. The van der Waals surface area contributed by atoms with Crippen molar-refractivity contribution in [1.82, 2.24) is 0 Å². The summed E-state index contributed by atoms with van der Waals surface area (Å²) < 4.78 is 34.0. The average molecular weight is 415 g/mol. The van der Waals surface area contributed by atoms with Gasteiger partial charge in [0.2, 0.25) is 0 Å². The molecule has 0 saturated carbocycles. The first-order chi connectivity index (χ1) is 13.9. The van der Waals surface area contributed by atoms with E-state index in [0.717, 1.165) is 11.0 Å². The molecule has 0 aliphatic carbocycles. The van der Waals surface area contributed by atoms with Crippen molar-refractivity contribution < 1.29 is 27.5 Å². The topological polar surface area (TPSA) is 90.0 Å². The fraction of sp³-hybridized carbons (Fsp3) is 0.238. The molecule has 2 aromatic carbocycles. The zero-order chi connectivity index (χ0) is 20.9. The highest BCUT2D eigenvalue weighted by Crippen LogP contribution is 2.23. The molecule has 0 saturated heterocycles. The Labute approximate surface area is 169 Å². The van der Waals surface area contributed by atoms with Crippen LogP contribution in [0.25, 0.3) is 0 Å². The van der Waals surface area contributed by atoms with Gasteiger partial charge in [-0.2, -0.15) is 0 Å². The maximum Gasteiger partial charge on any atom is 0.344 e. The number of hydrogen-bond donors (Lipinski definition) is 0. The molecule has 0 radical (unpaired) electrons. The second-order valence-electron chi connectivity index (χ2n) is 6.54. The number of esters is 1. The van der Waals surface area contributed by atoms with Crippen LogP contribution in [-0.2, 0) is 24.2 Å². The number of hydrogen-bond acceptors (Lipinski definition) is 6. The minimum absolute atomic E-state index is 0.210. The second-order valence-corrected chi connectivity index (χ2v) is 8.47. The van der Waals surface area contributed by atoms with Gasteiger partial charge < -0.3 is 14.4 Å². The summed E-state index contributed by atoms with van der Waals surface area (Å²) in [5.41, 5.74) is 1.40. The van der Waals surface area contributed by atoms with E-state index in [1.54, 1.807) is 42.5 Å². The number of anilines is 1. The Bertz CT molecular complexity index is 1020. The van der Waals surface area contributed by atoms with Gasteiger partial charge in [0.25, 0.3) is 5.91 Å². The largest absolute Gasteiger partial charge is 0.482 e. The number of aryl methyl sites for hydroxylation is 1. The van der Waals surface area contributed by atoms with Gasteiger partial charge in [-0.05, 0) is 36.8 Å². The Morgan fingerprint density at radius 3 is 2.38 bits per heavy atom. The Morgan fingerprint density at radius 1 is 1.03 bits per heavy atom. The van der Waals surface area contributed by atoms with E-state index >= 15 is 0 Å². The van der Waals surface area contributed by atoms with Crippen LogP contribution in [0.4, 0.5) is 5.69 Å². The number of carbonyl (C=O) groups excluding carboxylic acids is 2. The Kier molecular flexibility index (Phi) is 6.33.